The maximum atomic E-state index is 10.5. The molecular formula is C23H33N2O3+. The van der Waals surface area contributed by atoms with Crippen LogP contribution in [0.4, 0.5) is 5.69 Å². The molecule has 1 heterocycles. The number of para-hydroxylation sites is 2. The van der Waals surface area contributed by atoms with E-state index in [1.807, 2.05) is 30.3 Å². The molecular weight excluding hydrogens is 352 g/mol. The minimum Gasteiger partial charge on any atom is -0.495 e. The number of quaternary nitrogens is 1. The van der Waals surface area contributed by atoms with Crippen LogP contribution in [-0.4, -0.2) is 57.7 Å². The lowest BCUT2D eigenvalue weighted by atomic mass is 10.1. The number of hydrogen-bond donors (Lipinski definition) is 2. The van der Waals surface area contributed by atoms with E-state index in [1.54, 1.807) is 7.11 Å². The molecule has 152 valence electrons. The topological polar surface area (TPSA) is 46.4 Å². The van der Waals surface area contributed by atoms with Gasteiger partial charge in [-0.1, -0.05) is 49.4 Å². The van der Waals surface area contributed by atoms with Gasteiger partial charge in [-0.15, -0.1) is 0 Å². The fourth-order valence-corrected chi connectivity index (χ4v) is 3.90. The third-order valence-corrected chi connectivity index (χ3v) is 5.45. The van der Waals surface area contributed by atoms with Gasteiger partial charge in [0.05, 0.1) is 51.7 Å². The lowest BCUT2D eigenvalue weighted by Gasteiger charge is -2.35. The van der Waals surface area contributed by atoms with Gasteiger partial charge in [0.25, 0.3) is 0 Å². The van der Waals surface area contributed by atoms with E-state index in [1.165, 1.54) is 10.5 Å². The van der Waals surface area contributed by atoms with E-state index in [2.05, 4.69) is 36.1 Å². The number of nitrogens with zero attached hydrogens (tertiary/aromatic N) is 1. The summed E-state index contributed by atoms with van der Waals surface area (Å²) in [5.74, 6) is 0.922. The highest BCUT2D eigenvalue weighted by Crippen LogP contribution is 2.27. The van der Waals surface area contributed by atoms with E-state index in [-0.39, 0.29) is 6.10 Å². The molecule has 0 bridgehead atoms. The predicted molar refractivity (Wildman–Crippen MR) is 112 cm³/mol. The summed E-state index contributed by atoms with van der Waals surface area (Å²) in [5.41, 5.74) is 2.33. The van der Waals surface area contributed by atoms with Crippen molar-refractivity contribution < 1.29 is 19.5 Å². The second-order valence-corrected chi connectivity index (χ2v) is 7.41. The summed E-state index contributed by atoms with van der Waals surface area (Å²) in [6.07, 6.45) is 0.514. The summed E-state index contributed by atoms with van der Waals surface area (Å²) in [6.45, 7) is 7.16. The highest BCUT2D eigenvalue weighted by atomic mass is 16.5. The molecule has 1 aliphatic rings. The second-order valence-electron chi connectivity index (χ2n) is 7.41. The summed E-state index contributed by atoms with van der Waals surface area (Å²) >= 11 is 0. The van der Waals surface area contributed by atoms with Crippen molar-refractivity contribution in [1.29, 1.82) is 0 Å². The molecule has 2 atom stereocenters. The van der Waals surface area contributed by atoms with Gasteiger partial charge in [-0.25, -0.2) is 0 Å². The lowest BCUT2D eigenvalue weighted by Crippen LogP contribution is -3.16. The third kappa shape index (κ3) is 5.47. The summed E-state index contributed by atoms with van der Waals surface area (Å²) < 4.78 is 11.5. The largest absolute Gasteiger partial charge is 0.495 e. The highest BCUT2D eigenvalue weighted by Gasteiger charge is 2.24. The summed E-state index contributed by atoms with van der Waals surface area (Å²) in [5, 5.41) is 10.5. The average Bonchev–Trinajstić information content (AvgIpc) is 2.75. The van der Waals surface area contributed by atoms with Crippen molar-refractivity contribution >= 4 is 5.69 Å². The predicted octanol–water partition coefficient (Wildman–Crippen LogP) is 1.93. The number of methoxy groups -OCH3 is 1. The number of nitrogens with one attached hydrogen (secondary N) is 1. The molecule has 28 heavy (non-hydrogen) atoms. The van der Waals surface area contributed by atoms with Crippen LogP contribution in [-0.2, 0) is 4.74 Å². The zero-order valence-electron chi connectivity index (χ0n) is 17.0. The van der Waals surface area contributed by atoms with Crippen LogP contribution >= 0.6 is 0 Å². The second kappa shape index (κ2) is 10.5. The maximum Gasteiger partial charge on any atom is 0.142 e. The number of hydrogen-bond acceptors (Lipinski definition) is 4. The Labute approximate surface area is 168 Å². The van der Waals surface area contributed by atoms with Crippen molar-refractivity contribution in [3.05, 3.63) is 60.2 Å². The normalized spacial score (nSPS) is 17.3. The fourth-order valence-electron chi connectivity index (χ4n) is 3.90. The molecule has 2 aromatic carbocycles. The molecule has 1 saturated heterocycles. The van der Waals surface area contributed by atoms with Crippen LogP contribution in [0.1, 0.15) is 25.0 Å². The quantitative estimate of drug-likeness (QED) is 0.693. The summed E-state index contributed by atoms with van der Waals surface area (Å²) in [4.78, 5) is 3.79. The van der Waals surface area contributed by atoms with Crippen LogP contribution in [0.2, 0.25) is 0 Å². The first-order valence-electron chi connectivity index (χ1n) is 10.3. The molecule has 0 aromatic heterocycles. The Hall–Kier alpha value is -2.08. The van der Waals surface area contributed by atoms with Crippen LogP contribution < -0.4 is 14.5 Å². The van der Waals surface area contributed by atoms with Gasteiger partial charge in [0.1, 0.15) is 18.4 Å². The number of aliphatic hydroxyl groups excluding tert-OH is 1. The van der Waals surface area contributed by atoms with Crippen molar-refractivity contribution in [3.8, 4) is 5.75 Å². The van der Waals surface area contributed by atoms with Crippen LogP contribution in [0.25, 0.3) is 0 Å². The van der Waals surface area contributed by atoms with Gasteiger partial charge in [0.2, 0.25) is 0 Å². The first-order valence-corrected chi connectivity index (χ1v) is 10.3. The first-order chi connectivity index (χ1) is 13.7. The Morgan fingerprint density at radius 2 is 1.71 bits per heavy atom. The maximum absolute atomic E-state index is 10.5. The summed E-state index contributed by atoms with van der Waals surface area (Å²) in [6, 6.07) is 18.4. The van der Waals surface area contributed by atoms with Gasteiger partial charge in [0, 0.05) is 0 Å². The molecule has 2 N–H and O–H groups in total. The number of piperazine rings is 1. The molecule has 1 aliphatic heterocycles. The number of benzene rings is 2. The molecule has 2 aromatic rings. The van der Waals surface area contributed by atoms with E-state index in [0.29, 0.717) is 6.61 Å². The van der Waals surface area contributed by atoms with Crippen molar-refractivity contribution in [2.45, 2.75) is 25.6 Å². The zero-order valence-corrected chi connectivity index (χ0v) is 17.0. The van der Waals surface area contributed by atoms with Gasteiger partial charge >= 0.3 is 0 Å². The van der Waals surface area contributed by atoms with E-state index in [4.69, 9.17) is 9.47 Å². The average molecular weight is 386 g/mol. The number of ether oxygens (including phenoxy) is 2. The lowest BCUT2D eigenvalue weighted by molar-refractivity contribution is -0.903. The fraction of sp³-hybridized carbons (Fsp3) is 0.478. The van der Waals surface area contributed by atoms with Gasteiger partial charge in [-0.05, 0) is 24.1 Å². The summed E-state index contributed by atoms with van der Waals surface area (Å²) in [7, 11) is 1.72. The number of rotatable bonds is 9. The Balaban J connectivity index is 1.44. The Morgan fingerprint density at radius 3 is 2.39 bits per heavy atom. The molecule has 0 radical (unpaired) electrons. The van der Waals surface area contributed by atoms with Crippen molar-refractivity contribution in [2.24, 2.45) is 0 Å². The van der Waals surface area contributed by atoms with E-state index in [0.717, 1.165) is 50.6 Å². The molecule has 0 aliphatic carbocycles. The van der Waals surface area contributed by atoms with Crippen LogP contribution in [0, 0.1) is 0 Å². The van der Waals surface area contributed by atoms with Crippen LogP contribution in [0.3, 0.4) is 0 Å². The van der Waals surface area contributed by atoms with E-state index >= 15 is 0 Å². The van der Waals surface area contributed by atoms with Crippen LogP contribution in [0.5, 0.6) is 5.75 Å². The molecule has 3 rings (SSSR count). The Bertz CT molecular complexity index is 702. The van der Waals surface area contributed by atoms with Gasteiger partial charge in [-0.3, -0.25) is 0 Å². The molecule has 5 nitrogen and oxygen atoms in total. The number of anilines is 1. The smallest absolute Gasteiger partial charge is 0.142 e. The minimum atomic E-state index is -0.439. The van der Waals surface area contributed by atoms with Crippen LogP contribution in [0.15, 0.2) is 54.6 Å². The van der Waals surface area contributed by atoms with Crippen molar-refractivity contribution in [3.63, 3.8) is 0 Å². The van der Waals surface area contributed by atoms with Gasteiger partial charge < -0.3 is 24.4 Å². The molecule has 5 heteroatoms. The Kier molecular flexibility index (Phi) is 7.71. The minimum absolute atomic E-state index is 0.0493. The standard InChI is InChI=1S/C23H32N2O3/c1-3-22(19-9-5-4-6-10-19)28-18-20(26)17-24-13-15-25(16-14-24)21-11-7-8-12-23(21)27-2/h4-12,20,22,26H,3,13-18H2,1-2H3/p+1/t20-,22-/m0/s1. The molecule has 0 amide bonds. The third-order valence-electron chi connectivity index (χ3n) is 5.45. The SMILES string of the molecule is CC[C@H](OC[C@@H](O)C[NH+]1CCN(c2ccccc2OC)CC1)c1ccccc1. The van der Waals surface area contributed by atoms with Gasteiger partial charge in [-0.2, -0.15) is 0 Å². The molecule has 1 fully saturated rings. The van der Waals surface area contributed by atoms with E-state index in [9.17, 15) is 5.11 Å². The molecule has 0 spiro atoms. The number of aliphatic hydroxyl groups is 1. The zero-order chi connectivity index (χ0) is 19.8. The molecule has 0 saturated carbocycles. The van der Waals surface area contributed by atoms with Gasteiger partial charge in [0.15, 0.2) is 0 Å². The monoisotopic (exact) mass is 385 g/mol. The van der Waals surface area contributed by atoms with E-state index < -0.39 is 6.10 Å². The Morgan fingerprint density at radius 1 is 1.04 bits per heavy atom. The van der Waals surface area contributed by atoms with Crippen molar-refractivity contribution in [1.82, 2.24) is 0 Å². The first kappa shape index (κ1) is 20.6. The highest BCUT2D eigenvalue weighted by molar-refractivity contribution is 5.58. The molecule has 0 unspecified atom stereocenters. The van der Waals surface area contributed by atoms with Crippen molar-refractivity contribution in [2.75, 3.05) is 51.3 Å².